The fraction of sp³-hybridized carbons (Fsp3) is 0.256. The van der Waals surface area contributed by atoms with Crippen LogP contribution in [0.25, 0.3) is 56.1 Å². The molecule has 3 unspecified atom stereocenters. The fourth-order valence-corrected chi connectivity index (χ4v) is 8.77. The van der Waals surface area contributed by atoms with Gasteiger partial charge in [0, 0.05) is 16.7 Å². The van der Waals surface area contributed by atoms with Crippen LogP contribution in [0.3, 0.4) is 0 Å². The molecule has 0 saturated heterocycles. The van der Waals surface area contributed by atoms with Gasteiger partial charge in [-0.25, -0.2) is 15.0 Å². The molecule has 0 N–H and O–H groups in total. The number of hydrogen-bond acceptors (Lipinski definition) is 4. The summed E-state index contributed by atoms with van der Waals surface area (Å²) < 4.78 is 0. The van der Waals surface area contributed by atoms with Gasteiger partial charge in [0.05, 0.1) is 11.6 Å². The van der Waals surface area contributed by atoms with E-state index in [9.17, 15) is 5.26 Å². The van der Waals surface area contributed by atoms with Gasteiger partial charge in [-0.3, -0.25) is 0 Å². The lowest BCUT2D eigenvalue weighted by Crippen LogP contribution is -2.42. The van der Waals surface area contributed by atoms with Gasteiger partial charge in [0.2, 0.25) is 0 Å². The molecule has 2 fully saturated rings. The lowest BCUT2D eigenvalue weighted by Gasteiger charge is -2.50. The lowest BCUT2D eigenvalue weighted by molar-refractivity contribution is 0.0780. The van der Waals surface area contributed by atoms with Crippen LogP contribution in [0.5, 0.6) is 0 Å². The van der Waals surface area contributed by atoms with Crippen LogP contribution in [-0.4, -0.2) is 15.0 Å². The molecule has 0 radical (unpaired) electrons. The summed E-state index contributed by atoms with van der Waals surface area (Å²) in [7, 11) is 0. The highest BCUT2D eigenvalue weighted by Crippen LogP contribution is 2.54. The van der Waals surface area contributed by atoms with Crippen LogP contribution in [-0.2, 0) is 5.41 Å². The summed E-state index contributed by atoms with van der Waals surface area (Å²) in [5.41, 5.74) is 7.29. The van der Waals surface area contributed by atoms with Crippen molar-refractivity contribution in [2.45, 2.75) is 51.4 Å². The summed E-state index contributed by atoms with van der Waals surface area (Å²) in [5.74, 6) is 4.34. The van der Waals surface area contributed by atoms with Crippen molar-refractivity contribution in [2.24, 2.45) is 17.8 Å². The van der Waals surface area contributed by atoms with Crippen molar-refractivity contribution in [1.29, 1.82) is 5.26 Å². The molecule has 0 aliphatic heterocycles. The Morgan fingerprint density at radius 3 is 1.85 bits per heavy atom. The van der Waals surface area contributed by atoms with Crippen LogP contribution in [0.4, 0.5) is 0 Å². The Hall–Kier alpha value is -5.14. The number of fused-ring (bicyclic) bond motifs is 3. The number of rotatable bonds is 5. The van der Waals surface area contributed by atoms with Crippen LogP contribution in [0.2, 0.25) is 0 Å². The highest BCUT2D eigenvalue weighted by Gasteiger charge is 2.45. The second-order valence-electron chi connectivity index (χ2n) is 14.1. The SMILES string of the molecule is CC1CC2C[C@@H](C)CC(c3ccc(-c4nc(-c5ccc6ccccc6c5)nc(-c5ccccc5-c5ccc(C#N)cc5)n4)cc3)(C1)C2. The molecule has 0 spiro atoms. The zero-order valence-corrected chi connectivity index (χ0v) is 27.0. The highest BCUT2D eigenvalue weighted by atomic mass is 15.0. The average molecular weight is 611 g/mol. The number of aromatic nitrogens is 3. The zero-order valence-electron chi connectivity index (χ0n) is 27.0. The van der Waals surface area contributed by atoms with Gasteiger partial charge in [-0.2, -0.15) is 5.26 Å². The molecule has 4 atom stereocenters. The molecule has 4 heteroatoms. The second-order valence-corrected chi connectivity index (χ2v) is 14.1. The Morgan fingerprint density at radius 1 is 0.574 bits per heavy atom. The summed E-state index contributed by atoms with van der Waals surface area (Å²) in [4.78, 5) is 15.3. The largest absolute Gasteiger partial charge is 0.208 e. The van der Waals surface area contributed by atoms with Crippen LogP contribution in [0.1, 0.15) is 57.1 Å². The summed E-state index contributed by atoms with van der Waals surface area (Å²) in [6.45, 7) is 4.89. The average Bonchev–Trinajstić information content (AvgIpc) is 3.10. The first kappa shape index (κ1) is 29.3. The first-order valence-corrected chi connectivity index (χ1v) is 16.9. The quantitative estimate of drug-likeness (QED) is 0.195. The molecular formula is C43H38N4. The maximum Gasteiger partial charge on any atom is 0.164 e. The number of nitriles is 1. The molecule has 2 saturated carbocycles. The fourth-order valence-electron chi connectivity index (χ4n) is 8.77. The summed E-state index contributed by atoms with van der Waals surface area (Å²) in [5, 5.41) is 11.7. The minimum absolute atomic E-state index is 0.277. The summed E-state index contributed by atoms with van der Waals surface area (Å²) >= 11 is 0. The highest BCUT2D eigenvalue weighted by molar-refractivity contribution is 5.87. The molecule has 5 aromatic carbocycles. The third-order valence-electron chi connectivity index (χ3n) is 10.5. The van der Waals surface area contributed by atoms with Gasteiger partial charge >= 0.3 is 0 Å². The van der Waals surface area contributed by atoms with Gasteiger partial charge in [0.25, 0.3) is 0 Å². The Balaban J connectivity index is 1.25. The summed E-state index contributed by atoms with van der Waals surface area (Å²) in [6, 6.07) is 42.1. The molecule has 2 aliphatic carbocycles. The van der Waals surface area contributed by atoms with Gasteiger partial charge in [0.15, 0.2) is 17.5 Å². The van der Waals surface area contributed by atoms with Crippen molar-refractivity contribution >= 4 is 10.8 Å². The molecule has 1 heterocycles. The molecule has 8 rings (SSSR count). The predicted molar refractivity (Wildman–Crippen MR) is 190 cm³/mol. The van der Waals surface area contributed by atoms with Crippen LogP contribution in [0.15, 0.2) is 115 Å². The molecule has 1 aromatic heterocycles. The monoisotopic (exact) mass is 610 g/mol. The van der Waals surface area contributed by atoms with E-state index in [1.165, 1.54) is 43.1 Å². The Labute approximate surface area is 277 Å². The second kappa shape index (κ2) is 11.9. The lowest BCUT2D eigenvalue weighted by atomic mass is 9.54. The van der Waals surface area contributed by atoms with E-state index in [0.717, 1.165) is 51.0 Å². The molecule has 0 amide bonds. The van der Waals surface area contributed by atoms with E-state index in [2.05, 4.69) is 98.8 Å². The van der Waals surface area contributed by atoms with E-state index in [1.807, 2.05) is 36.4 Å². The van der Waals surface area contributed by atoms with Gasteiger partial charge in [-0.05, 0) is 101 Å². The van der Waals surface area contributed by atoms with E-state index in [1.54, 1.807) is 0 Å². The molecule has 6 aromatic rings. The molecule has 2 aliphatic rings. The van der Waals surface area contributed by atoms with Crippen molar-refractivity contribution < 1.29 is 0 Å². The standard InChI is InChI=1S/C43H38N4/c1-28-21-31-22-29(2)25-43(24-28,26-31)37-19-17-34(18-20-37)40-45-41(36-16-15-32-7-3-4-8-35(32)23-36)47-42(46-40)39-10-6-5-9-38(39)33-13-11-30(27-44)12-14-33/h3-20,23,28-29,31H,21-22,24-26H2,1-2H3/t28-,29?,31?,43?/m1/s1. The smallest absolute Gasteiger partial charge is 0.164 e. The van der Waals surface area contributed by atoms with Gasteiger partial charge < -0.3 is 0 Å². The van der Waals surface area contributed by atoms with Crippen LogP contribution >= 0.6 is 0 Å². The Kier molecular flexibility index (Phi) is 7.41. The van der Waals surface area contributed by atoms with Crippen LogP contribution in [0, 0.1) is 29.1 Å². The number of hydrogen-bond donors (Lipinski definition) is 0. The molecule has 230 valence electrons. The normalized spacial score (nSPS) is 22.1. The molecule has 47 heavy (non-hydrogen) atoms. The zero-order chi connectivity index (χ0) is 32.0. The van der Waals surface area contributed by atoms with Crippen molar-refractivity contribution in [2.75, 3.05) is 0 Å². The Bertz CT molecular complexity index is 2100. The summed E-state index contributed by atoms with van der Waals surface area (Å²) in [6.07, 6.45) is 6.62. The minimum atomic E-state index is 0.277. The number of benzene rings is 5. The topological polar surface area (TPSA) is 62.5 Å². The maximum absolute atomic E-state index is 9.36. The van der Waals surface area contributed by atoms with E-state index >= 15 is 0 Å². The first-order valence-electron chi connectivity index (χ1n) is 16.9. The first-order chi connectivity index (χ1) is 23.0. The molecular weight excluding hydrogens is 573 g/mol. The van der Waals surface area contributed by atoms with E-state index in [4.69, 9.17) is 15.0 Å². The predicted octanol–water partition coefficient (Wildman–Crippen LogP) is 10.7. The van der Waals surface area contributed by atoms with Crippen molar-refractivity contribution in [3.63, 3.8) is 0 Å². The Morgan fingerprint density at radius 2 is 1.15 bits per heavy atom. The van der Waals surface area contributed by atoms with Crippen LogP contribution < -0.4 is 0 Å². The third kappa shape index (κ3) is 5.61. The van der Waals surface area contributed by atoms with Gasteiger partial charge in [-0.15, -0.1) is 0 Å². The van der Waals surface area contributed by atoms with E-state index in [-0.39, 0.29) is 5.41 Å². The van der Waals surface area contributed by atoms with Crippen molar-refractivity contribution in [1.82, 2.24) is 15.0 Å². The van der Waals surface area contributed by atoms with Crippen molar-refractivity contribution in [3.8, 4) is 51.4 Å². The number of nitrogens with zero attached hydrogens (tertiary/aromatic N) is 4. The molecule has 2 bridgehead atoms. The van der Waals surface area contributed by atoms with Gasteiger partial charge in [0.1, 0.15) is 0 Å². The van der Waals surface area contributed by atoms with Gasteiger partial charge in [-0.1, -0.05) is 111 Å². The van der Waals surface area contributed by atoms with Crippen molar-refractivity contribution in [3.05, 3.63) is 126 Å². The van der Waals surface area contributed by atoms with E-state index < -0.39 is 0 Å². The maximum atomic E-state index is 9.36. The molecule has 4 nitrogen and oxygen atoms in total. The third-order valence-corrected chi connectivity index (χ3v) is 10.5. The van der Waals surface area contributed by atoms with E-state index in [0.29, 0.717) is 23.0 Å². The minimum Gasteiger partial charge on any atom is -0.208 e.